The van der Waals surface area contributed by atoms with Gasteiger partial charge in [0.05, 0.1) is 6.54 Å². The molecule has 0 bridgehead atoms. The van der Waals surface area contributed by atoms with E-state index in [2.05, 4.69) is 15.6 Å². The van der Waals surface area contributed by atoms with Crippen LogP contribution in [-0.4, -0.2) is 50.8 Å². The van der Waals surface area contributed by atoms with Crippen molar-refractivity contribution in [3.8, 4) is 0 Å². The summed E-state index contributed by atoms with van der Waals surface area (Å²) in [6.45, 7) is 0.166. The minimum Gasteiger partial charge on any atom is -0.355 e. The summed E-state index contributed by atoms with van der Waals surface area (Å²) < 4.78 is 36.6. The largest absolute Gasteiger partial charge is 0.401 e. The van der Waals surface area contributed by atoms with E-state index in [4.69, 9.17) is 11.6 Å². The third kappa shape index (κ3) is 7.51. The fraction of sp³-hybridized carbons (Fsp3) is 0.500. The molecule has 0 aromatic heterocycles. The number of rotatable bonds is 6. The van der Waals surface area contributed by atoms with E-state index in [1.165, 1.54) is 11.9 Å². The van der Waals surface area contributed by atoms with E-state index in [0.717, 1.165) is 5.56 Å². The molecule has 0 atom stereocenters. The van der Waals surface area contributed by atoms with Crippen molar-refractivity contribution in [2.75, 3.05) is 33.7 Å². The van der Waals surface area contributed by atoms with Crippen LogP contribution in [0.2, 0.25) is 5.02 Å². The molecule has 1 aromatic carbocycles. The third-order valence-electron chi connectivity index (χ3n) is 2.86. The first-order valence-corrected chi connectivity index (χ1v) is 7.13. The van der Waals surface area contributed by atoms with Crippen molar-refractivity contribution in [2.45, 2.75) is 12.7 Å². The topological polar surface area (TPSA) is 39.7 Å². The molecule has 124 valence electrons. The molecule has 0 radical (unpaired) electrons. The molecule has 0 amide bonds. The van der Waals surface area contributed by atoms with Crippen LogP contribution in [0.25, 0.3) is 0 Å². The van der Waals surface area contributed by atoms with Gasteiger partial charge in [-0.1, -0.05) is 29.8 Å². The molecule has 22 heavy (non-hydrogen) atoms. The zero-order valence-corrected chi connectivity index (χ0v) is 13.3. The molecule has 0 saturated heterocycles. The summed E-state index contributed by atoms with van der Waals surface area (Å²) in [5.41, 5.74) is 0.918. The lowest BCUT2D eigenvalue weighted by Crippen LogP contribution is -2.42. The zero-order valence-electron chi connectivity index (χ0n) is 12.5. The Balaban J connectivity index is 2.33. The Kier molecular flexibility index (Phi) is 7.47. The number of nitrogens with zero attached hydrogens (tertiary/aromatic N) is 2. The molecule has 0 spiro atoms. The van der Waals surface area contributed by atoms with Gasteiger partial charge in [-0.05, 0) is 18.7 Å². The van der Waals surface area contributed by atoms with Crippen molar-refractivity contribution in [1.82, 2.24) is 15.5 Å². The van der Waals surface area contributed by atoms with Crippen molar-refractivity contribution in [3.05, 3.63) is 34.9 Å². The number of nitrogens with one attached hydrogen (secondary N) is 2. The van der Waals surface area contributed by atoms with Crippen LogP contribution < -0.4 is 10.6 Å². The van der Waals surface area contributed by atoms with Crippen LogP contribution in [0.5, 0.6) is 0 Å². The maximum Gasteiger partial charge on any atom is 0.401 e. The predicted molar refractivity (Wildman–Crippen MR) is 83.2 cm³/mol. The SMILES string of the molecule is CN=C(NCCN(C)CC(F)(F)F)NCc1ccccc1Cl. The minimum absolute atomic E-state index is 0.256. The second kappa shape index (κ2) is 8.85. The number of hydrogen-bond acceptors (Lipinski definition) is 2. The standard InChI is InChI=1S/C14H20ClF3N4/c1-19-13(20-7-8-22(2)10-14(16,17)18)21-9-11-5-3-4-6-12(11)15/h3-6H,7-10H2,1-2H3,(H2,19,20,21). The van der Waals surface area contributed by atoms with Gasteiger partial charge in [-0.3, -0.25) is 9.89 Å². The summed E-state index contributed by atoms with van der Waals surface area (Å²) >= 11 is 6.04. The van der Waals surface area contributed by atoms with E-state index in [1.54, 1.807) is 13.1 Å². The Morgan fingerprint density at radius 3 is 2.55 bits per heavy atom. The molecule has 0 unspecified atom stereocenters. The van der Waals surface area contributed by atoms with Crippen LogP contribution in [-0.2, 0) is 6.54 Å². The molecule has 0 aliphatic carbocycles. The quantitative estimate of drug-likeness (QED) is 0.619. The summed E-state index contributed by atoms with van der Waals surface area (Å²) in [5.74, 6) is 0.514. The lowest BCUT2D eigenvalue weighted by Gasteiger charge is -2.19. The molecule has 0 aliphatic heterocycles. The smallest absolute Gasteiger partial charge is 0.355 e. The zero-order chi connectivity index (χ0) is 16.6. The highest BCUT2D eigenvalue weighted by atomic mass is 35.5. The second-order valence-electron chi connectivity index (χ2n) is 4.80. The van der Waals surface area contributed by atoms with Gasteiger partial charge in [-0.25, -0.2) is 0 Å². The number of likely N-dealkylation sites (N-methyl/N-ethyl adjacent to an activating group) is 1. The van der Waals surface area contributed by atoms with Gasteiger partial charge in [-0.15, -0.1) is 0 Å². The van der Waals surface area contributed by atoms with Crippen LogP contribution in [0.15, 0.2) is 29.3 Å². The Morgan fingerprint density at radius 1 is 1.27 bits per heavy atom. The van der Waals surface area contributed by atoms with Crippen molar-refractivity contribution in [3.63, 3.8) is 0 Å². The van der Waals surface area contributed by atoms with E-state index in [-0.39, 0.29) is 6.54 Å². The summed E-state index contributed by atoms with van der Waals surface area (Å²) in [7, 11) is 3.02. The molecule has 1 rings (SSSR count). The molecule has 8 heteroatoms. The number of guanidine groups is 1. The Labute approximate surface area is 133 Å². The molecule has 2 N–H and O–H groups in total. The molecule has 0 saturated carbocycles. The van der Waals surface area contributed by atoms with Crippen molar-refractivity contribution >= 4 is 17.6 Å². The normalized spacial score (nSPS) is 12.6. The Bertz CT molecular complexity index is 491. The van der Waals surface area contributed by atoms with E-state index in [9.17, 15) is 13.2 Å². The number of benzene rings is 1. The monoisotopic (exact) mass is 336 g/mol. The number of alkyl halides is 3. The van der Waals surface area contributed by atoms with Gasteiger partial charge >= 0.3 is 6.18 Å². The van der Waals surface area contributed by atoms with Gasteiger partial charge < -0.3 is 10.6 Å². The highest BCUT2D eigenvalue weighted by Crippen LogP contribution is 2.15. The van der Waals surface area contributed by atoms with Crippen molar-refractivity contribution in [1.29, 1.82) is 0 Å². The molecular formula is C14H20ClF3N4. The van der Waals surface area contributed by atoms with Crippen LogP contribution in [0, 0.1) is 0 Å². The van der Waals surface area contributed by atoms with Crippen molar-refractivity contribution < 1.29 is 13.2 Å². The predicted octanol–water partition coefficient (Wildman–Crippen LogP) is 2.50. The van der Waals surface area contributed by atoms with Gasteiger partial charge in [-0.2, -0.15) is 13.2 Å². The van der Waals surface area contributed by atoms with Gasteiger partial charge in [0.1, 0.15) is 0 Å². The Morgan fingerprint density at radius 2 is 1.95 bits per heavy atom. The lowest BCUT2D eigenvalue weighted by atomic mass is 10.2. The van der Waals surface area contributed by atoms with Gasteiger partial charge in [0, 0.05) is 31.7 Å². The van der Waals surface area contributed by atoms with E-state index in [0.29, 0.717) is 24.1 Å². The molecule has 4 nitrogen and oxygen atoms in total. The molecule has 1 aromatic rings. The van der Waals surface area contributed by atoms with Gasteiger partial charge in [0.2, 0.25) is 0 Å². The molecule has 0 heterocycles. The minimum atomic E-state index is -4.18. The van der Waals surface area contributed by atoms with Gasteiger partial charge in [0.15, 0.2) is 5.96 Å². The summed E-state index contributed by atoms with van der Waals surface area (Å²) in [6.07, 6.45) is -4.18. The van der Waals surface area contributed by atoms with Crippen LogP contribution in [0.1, 0.15) is 5.56 Å². The first-order valence-electron chi connectivity index (χ1n) is 6.75. The van der Waals surface area contributed by atoms with Crippen LogP contribution in [0.4, 0.5) is 13.2 Å². The second-order valence-corrected chi connectivity index (χ2v) is 5.20. The number of aliphatic imine (C=N–C) groups is 1. The average Bonchev–Trinajstić information content (AvgIpc) is 2.42. The highest BCUT2D eigenvalue weighted by Gasteiger charge is 2.28. The Hall–Kier alpha value is -1.47. The third-order valence-corrected chi connectivity index (χ3v) is 3.23. The maximum atomic E-state index is 12.2. The van der Waals surface area contributed by atoms with E-state index in [1.807, 2.05) is 18.2 Å². The van der Waals surface area contributed by atoms with Crippen LogP contribution in [0.3, 0.4) is 0 Å². The number of hydrogen-bond donors (Lipinski definition) is 2. The van der Waals surface area contributed by atoms with Gasteiger partial charge in [0.25, 0.3) is 0 Å². The first-order chi connectivity index (χ1) is 10.3. The average molecular weight is 337 g/mol. The summed E-state index contributed by atoms with van der Waals surface area (Å²) in [4.78, 5) is 5.22. The fourth-order valence-corrected chi connectivity index (χ4v) is 1.99. The van der Waals surface area contributed by atoms with Crippen LogP contribution >= 0.6 is 11.6 Å². The summed E-state index contributed by atoms with van der Waals surface area (Å²) in [5, 5.41) is 6.67. The fourth-order valence-electron chi connectivity index (χ4n) is 1.79. The highest BCUT2D eigenvalue weighted by molar-refractivity contribution is 6.31. The summed E-state index contributed by atoms with van der Waals surface area (Å²) in [6, 6.07) is 7.40. The lowest BCUT2D eigenvalue weighted by molar-refractivity contribution is -0.142. The van der Waals surface area contributed by atoms with E-state index < -0.39 is 12.7 Å². The first kappa shape index (κ1) is 18.6. The molecular weight excluding hydrogens is 317 g/mol. The molecule has 0 fully saturated rings. The maximum absolute atomic E-state index is 12.2. The van der Waals surface area contributed by atoms with E-state index >= 15 is 0 Å². The molecule has 0 aliphatic rings. The van der Waals surface area contributed by atoms with Crippen molar-refractivity contribution in [2.24, 2.45) is 4.99 Å². The number of halogens is 4.